The molecule has 0 radical (unpaired) electrons. The van der Waals surface area contributed by atoms with E-state index in [0.717, 1.165) is 11.1 Å². The molecule has 9 nitrogen and oxygen atoms in total. The van der Waals surface area contributed by atoms with Gasteiger partial charge in [-0.15, -0.1) is 0 Å². The van der Waals surface area contributed by atoms with Crippen molar-refractivity contribution < 1.29 is 28.5 Å². The number of carbonyl (C=O) groups is 1. The van der Waals surface area contributed by atoms with Crippen LogP contribution in [-0.2, 0) is 16.1 Å². The van der Waals surface area contributed by atoms with Crippen LogP contribution in [-0.4, -0.2) is 37.5 Å². The van der Waals surface area contributed by atoms with Gasteiger partial charge in [0.15, 0.2) is 27.8 Å². The first kappa shape index (κ1) is 30.6. The maximum absolute atomic E-state index is 14.0. The molecule has 0 spiro atoms. The third-order valence-electron chi connectivity index (χ3n) is 6.81. The number of rotatable bonds is 12. The number of carbonyl (C=O) groups excluding carboxylic acids is 1. The summed E-state index contributed by atoms with van der Waals surface area (Å²) in [4.78, 5) is 31.8. The maximum Gasteiger partial charge on any atom is 0.337 e. The molecule has 2 heterocycles. The van der Waals surface area contributed by atoms with Gasteiger partial charge >= 0.3 is 5.97 Å². The summed E-state index contributed by atoms with van der Waals surface area (Å²) in [5, 5.41) is 0. The van der Waals surface area contributed by atoms with E-state index in [2.05, 4.69) is 4.99 Å². The van der Waals surface area contributed by atoms with Crippen LogP contribution in [0.25, 0.3) is 6.08 Å². The second-order valence-corrected chi connectivity index (χ2v) is 10.7. The molecule has 1 aliphatic rings. The first-order valence-electron chi connectivity index (χ1n) is 14.4. The quantitative estimate of drug-likeness (QED) is 0.212. The first-order chi connectivity index (χ1) is 21.5. The summed E-state index contributed by atoms with van der Waals surface area (Å²) in [5.41, 5.74) is 2.41. The Morgan fingerprint density at radius 2 is 1.52 bits per heavy atom. The lowest BCUT2D eigenvalue weighted by Gasteiger charge is -2.23. The Bertz CT molecular complexity index is 1840. The zero-order valence-electron chi connectivity index (χ0n) is 25.1. The van der Waals surface area contributed by atoms with Crippen LogP contribution in [0.1, 0.15) is 43.5 Å². The Kier molecular flexibility index (Phi) is 9.81. The van der Waals surface area contributed by atoms with Crippen molar-refractivity contribution in [2.24, 2.45) is 4.99 Å². The molecule has 0 saturated heterocycles. The second-order valence-electron chi connectivity index (χ2n) is 9.66. The summed E-state index contributed by atoms with van der Waals surface area (Å²) in [7, 11) is 1.30. The molecule has 1 atom stereocenters. The van der Waals surface area contributed by atoms with E-state index in [1.165, 1.54) is 29.2 Å². The highest BCUT2D eigenvalue weighted by atomic mass is 32.1. The molecule has 0 fully saturated rings. The van der Waals surface area contributed by atoms with Crippen LogP contribution in [0.5, 0.6) is 23.0 Å². The normalized spacial score (nSPS) is 14.2. The Morgan fingerprint density at radius 3 is 2.23 bits per heavy atom. The van der Waals surface area contributed by atoms with Crippen molar-refractivity contribution in [2.45, 2.75) is 33.4 Å². The monoisotopic (exact) mass is 614 g/mol. The Hall–Kier alpha value is -4.83. The smallest absolute Gasteiger partial charge is 0.337 e. The molecule has 0 amide bonds. The van der Waals surface area contributed by atoms with Gasteiger partial charge in [-0.2, -0.15) is 0 Å². The van der Waals surface area contributed by atoms with E-state index in [4.69, 9.17) is 23.7 Å². The molecule has 5 rings (SSSR count). The molecule has 4 aromatic rings. The number of benzene rings is 3. The summed E-state index contributed by atoms with van der Waals surface area (Å²) in [6, 6.07) is 20.1. The van der Waals surface area contributed by atoms with Crippen LogP contribution in [0.3, 0.4) is 0 Å². The van der Waals surface area contributed by atoms with E-state index in [9.17, 15) is 9.59 Å². The van der Waals surface area contributed by atoms with Crippen molar-refractivity contribution in [2.75, 3.05) is 26.9 Å². The molecule has 1 aromatic heterocycles. The summed E-state index contributed by atoms with van der Waals surface area (Å²) in [5.74, 6) is 1.71. The minimum Gasteiger partial charge on any atom is -0.490 e. The van der Waals surface area contributed by atoms with Crippen molar-refractivity contribution in [3.8, 4) is 23.0 Å². The Balaban J connectivity index is 1.55. The Morgan fingerprint density at radius 1 is 0.864 bits per heavy atom. The molecule has 44 heavy (non-hydrogen) atoms. The fraction of sp³-hybridized carbons (Fsp3) is 0.265. The average molecular weight is 615 g/mol. The lowest BCUT2D eigenvalue weighted by molar-refractivity contribution is -0.136. The molecule has 0 bridgehead atoms. The van der Waals surface area contributed by atoms with Gasteiger partial charge in [-0.25, -0.2) is 9.79 Å². The number of fused-ring (bicyclic) bond motifs is 1. The van der Waals surface area contributed by atoms with E-state index in [0.29, 0.717) is 64.3 Å². The molecule has 0 unspecified atom stereocenters. The highest BCUT2D eigenvalue weighted by molar-refractivity contribution is 7.07. The molecular formula is C34H34N2O7S. The highest BCUT2D eigenvalue weighted by Crippen LogP contribution is 2.35. The Labute approximate surface area is 259 Å². The number of hydrogen-bond acceptors (Lipinski definition) is 9. The van der Waals surface area contributed by atoms with Gasteiger partial charge in [0.2, 0.25) is 0 Å². The molecule has 0 saturated carbocycles. The number of thiazole rings is 1. The summed E-state index contributed by atoms with van der Waals surface area (Å²) in [6.45, 7) is 7.42. The molecular weight excluding hydrogens is 580 g/mol. The van der Waals surface area contributed by atoms with Gasteiger partial charge in [0.05, 0.1) is 43.1 Å². The molecule has 1 aliphatic heterocycles. The number of methoxy groups -OCH3 is 1. The average Bonchev–Trinajstić information content (AvgIpc) is 3.36. The van der Waals surface area contributed by atoms with Crippen LogP contribution >= 0.6 is 11.3 Å². The zero-order chi connectivity index (χ0) is 31.1. The molecule has 0 N–H and O–H groups in total. The third-order valence-corrected chi connectivity index (χ3v) is 7.81. The molecule has 3 aromatic carbocycles. The fourth-order valence-electron chi connectivity index (χ4n) is 4.88. The van der Waals surface area contributed by atoms with Gasteiger partial charge in [0.25, 0.3) is 5.56 Å². The van der Waals surface area contributed by atoms with E-state index >= 15 is 0 Å². The van der Waals surface area contributed by atoms with Crippen molar-refractivity contribution in [1.29, 1.82) is 0 Å². The third kappa shape index (κ3) is 6.55. The highest BCUT2D eigenvalue weighted by Gasteiger charge is 2.31. The lowest BCUT2D eigenvalue weighted by atomic mass is 9.97. The molecule has 228 valence electrons. The first-order valence-corrected chi connectivity index (χ1v) is 15.2. The van der Waals surface area contributed by atoms with Crippen molar-refractivity contribution in [3.63, 3.8) is 0 Å². The second kappa shape index (κ2) is 14.1. The van der Waals surface area contributed by atoms with Gasteiger partial charge in [0, 0.05) is 6.20 Å². The largest absolute Gasteiger partial charge is 0.490 e. The van der Waals surface area contributed by atoms with E-state index in [1.54, 1.807) is 18.2 Å². The van der Waals surface area contributed by atoms with Crippen LogP contribution in [0.4, 0.5) is 0 Å². The summed E-state index contributed by atoms with van der Waals surface area (Å²) < 4.78 is 30.5. The number of esters is 1. The number of nitrogens with zero attached hydrogens (tertiary/aromatic N) is 2. The van der Waals surface area contributed by atoms with Crippen LogP contribution in [0.2, 0.25) is 0 Å². The molecule has 0 aliphatic carbocycles. The maximum atomic E-state index is 14.0. The van der Waals surface area contributed by atoms with Crippen LogP contribution < -0.4 is 33.8 Å². The standard InChI is InChI=1S/C34H34N2O7S/c1-5-40-26-16-14-24(19-29(26)42-7-3)31-25(33(38)39-4)20-35-34-36(31)32(37)30(44-34)18-23-13-15-27(28(17-23)41-6-2)43-21-22-11-9-8-10-12-22/h8-20,31H,5-7,21H2,1-4H3/b30-18-/t31-/m1/s1. The fourth-order valence-corrected chi connectivity index (χ4v) is 5.85. The number of hydrogen-bond donors (Lipinski definition) is 0. The van der Waals surface area contributed by atoms with Gasteiger partial charge in [-0.3, -0.25) is 9.36 Å². The van der Waals surface area contributed by atoms with E-state index < -0.39 is 12.0 Å². The topological polar surface area (TPSA) is 97.6 Å². The SMILES string of the molecule is CCOc1ccc([C@@H]2C(C(=O)OC)=CN=c3s/c(=C\c4ccc(OCc5ccccc5)c(OCC)c4)c(=O)n32)cc1OCC. The minimum absolute atomic E-state index is 0.233. The number of aromatic nitrogens is 1. The van der Waals surface area contributed by atoms with E-state index in [-0.39, 0.29) is 11.1 Å². The zero-order valence-corrected chi connectivity index (χ0v) is 25.9. The number of ether oxygens (including phenoxy) is 5. The predicted molar refractivity (Wildman–Crippen MR) is 168 cm³/mol. The lowest BCUT2D eigenvalue weighted by Crippen LogP contribution is -2.39. The van der Waals surface area contributed by atoms with Gasteiger partial charge < -0.3 is 23.7 Å². The minimum atomic E-state index is -0.775. The van der Waals surface area contributed by atoms with Gasteiger partial charge in [0.1, 0.15) is 6.61 Å². The van der Waals surface area contributed by atoms with Crippen molar-refractivity contribution in [3.05, 3.63) is 115 Å². The summed E-state index contributed by atoms with van der Waals surface area (Å²) >= 11 is 1.24. The van der Waals surface area contributed by atoms with Gasteiger partial charge in [-0.1, -0.05) is 53.8 Å². The summed E-state index contributed by atoms with van der Waals surface area (Å²) in [6.07, 6.45) is 3.25. The van der Waals surface area contributed by atoms with Crippen molar-refractivity contribution >= 4 is 23.4 Å². The predicted octanol–water partition coefficient (Wildman–Crippen LogP) is 4.79. The van der Waals surface area contributed by atoms with Crippen LogP contribution in [0, 0.1) is 0 Å². The van der Waals surface area contributed by atoms with E-state index in [1.807, 2.05) is 75.4 Å². The van der Waals surface area contributed by atoms with Gasteiger partial charge in [-0.05, 0) is 67.8 Å². The molecule has 10 heteroatoms. The van der Waals surface area contributed by atoms with Crippen molar-refractivity contribution in [1.82, 2.24) is 4.57 Å². The van der Waals surface area contributed by atoms with Crippen LogP contribution in [0.15, 0.2) is 88.3 Å².